The van der Waals surface area contributed by atoms with Crippen LogP contribution in [0.5, 0.6) is 0 Å². The standard InChI is InChI=1S/C33H64ClN9/c1-13-40(14-2)17-19-42(25-21-30(5,6)38-31(7,8)22-25)28-35-27(34)36-29(37-28)43(20-18-41(15-3)16-4)26-23-32(9,10)39-33(11,12)24-26/h25-26,38-39H,13-24H2,1-12H3. The van der Waals surface area contributed by atoms with Crippen LogP contribution in [0, 0.1) is 0 Å². The topological polar surface area (TPSA) is 75.7 Å². The normalized spacial score (nSPS) is 21.8. The summed E-state index contributed by atoms with van der Waals surface area (Å²) in [5, 5.41) is 7.99. The molecule has 1 aromatic rings. The third kappa shape index (κ3) is 10.4. The number of rotatable bonds is 14. The lowest BCUT2D eigenvalue weighted by Gasteiger charge is -2.50. The molecular formula is C33H64ClN9. The highest BCUT2D eigenvalue weighted by Gasteiger charge is 2.43. The van der Waals surface area contributed by atoms with E-state index in [4.69, 9.17) is 26.6 Å². The fraction of sp³-hybridized carbons (Fsp3) is 0.909. The quantitative estimate of drug-likeness (QED) is 0.282. The molecular weight excluding hydrogens is 558 g/mol. The molecule has 0 spiro atoms. The molecule has 1 aromatic heterocycles. The van der Waals surface area contributed by atoms with E-state index >= 15 is 0 Å². The number of likely N-dealkylation sites (N-methyl/N-ethyl adjacent to an activating group) is 2. The van der Waals surface area contributed by atoms with Crippen LogP contribution in [0.3, 0.4) is 0 Å². The average molecular weight is 622 g/mol. The van der Waals surface area contributed by atoms with E-state index in [1.54, 1.807) is 0 Å². The van der Waals surface area contributed by atoms with Crippen molar-refractivity contribution in [1.82, 2.24) is 35.4 Å². The van der Waals surface area contributed by atoms with Crippen molar-refractivity contribution in [3.05, 3.63) is 5.28 Å². The zero-order chi connectivity index (χ0) is 32.2. The molecule has 0 atom stereocenters. The predicted molar refractivity (Wildman–Crippen MR) is 184 cm³/mol. The van der Waals surface area contributed by atoms with Crippen molar-refractivity contribution in [2.45, 2.75) is 143 Å². The molecule has 2 aliphatic rings. The molecule has 0 amide bonds. The van der Waals surface area contributed by atoms with Gasteiger partial charge in [0.25, 0.3) is 0 Å². The van der Waals surface area contributed by atoms with Gasteiger partial charge in [0.2, 0.25) is 17.2 Å². The average Bonchev–Trinajstić information content (AvgIpc) is 2.85. The number of aromatic nitrogens is 3. The van der Waals surface area contributed by atoms with Crippen molar-refractivity contribution in [3.8, 4) is 0 Å². The van der Waals surface area contributed by atoms with Gasteiger partial charge in [0, 0.05) is 60.4 Å². The van der Waals surface area contributed by atoms with Crippen molar-refractivity contribution >= 4 is 23.5 Å². The van der Waals surface area contributed by atoms with E-state index in [1.165, 1.54) is 0 Å². The fourth-order valence-electron chi connectivity index (χ4n) is 8.03. The van der Waals surface area contributed by atoms with Crippen LogP contribution in [-0.4, -0.2) is 111 Å². The first-order valence-corrected chi connectivity index (χ1v) is 17.3. The summed E-state index contributed by atoms with van der Waals surface area (Å²) < 4.78 is 0. The third-order valence-corrected chi connectivity index (χ3v) is 9.59. The lowest BCUT2D eigenvalue weighted by atomic mass is 9.79. The van der Waals surface area contributed by atoms with E-state index in [1.807, 2.05) is 0 Å². The molecule has 9 nitrogen and oxygen atoms in total. The lowest BCUT2D eigenvalue weighted by Crippen LogP contribution is -2.63. The Labute approximate surface area is 268 Å². The molecule has 2 saturated heterocycles. The Morgan fingerprint density at radius 2 is 0.860 bits per heavy atom. The Morgan fingerprint density at radius 3 is 1.14 bits per heavy atom. The van der Waals surface area contributed by atoms with Crippen LogP contribution in [0.2, 0.25) is 5.28 Å². The van der Waals surface area contributed by atoms with Crippen LogP contribution < -0.4 is 20.4 Å². The van der Waals surface area contributed by atoms with Gasteiger partial charge in [-0.25, -0.2) is 0 Å². The summed E-state index contributed by atoms with van der Waals surface area (Å²) in [4.78, 5) is 24.8. The molecule has 2 fully saturated rings. The maximum absolute atomic E-state index is 6.81. The number of hydrogen-bond donors (Lipinski definition) is 2. The highest BCUT2D eigenvalue weighted by Crippen LogP contribution is 2.36. The van der Waals surface area contributed by atoms with Gasteiger partial charge >= 0.3 is 0 Å². The Morgan fingerprint density at radius 1 is 0.558 bits per heavy atom. The van der Waals surface area contributed by atoms with Gasteiger partial charge in [-0.05, 0) is 119 Å². The first kappa shape index (κ1) is 36.2. The Balaban J connectivity index is 2.07. The van der Waals surface area contributed by atoms with E-state index in [9.17, 15) is 0 Å². The molecule has 0 aliphatic carbocycles. The van der Waals surface area contributed by atoms with Gasteiger partial charge < -0.3 is 30.2 Å². The third-order valence-electron chi connectivity index (χ3n) is 9.42. The Kier molecular flexibility index (Phi) is 12.2. The van der Waals surface area contributed by atoms with Crippen molar-refractivity contribution < 1.29 is 0 Å². The Hall–Kier alpha value is -1.26. The first-order valence-electron chi connectivity index (χ1n) is 16.9. The molecule has 0 radical (unpaired) electrons. The zero-order valence-electron chi connectivity index (χ0n) is 29.6. The Bertz CT molecular complexity index is 911. The summed E-state index contributed by atoms with van der Waals surface area (Å²) in [6.45, 7) is 35.1. The maximum atomic E-state index is 6.81. The molecule has 10 heteroatoms. The molecule has 248 valence electrons. The molecule has 0 bridgehead atoms. The molecule has 0 saturated carbocycles. The van der Waals surface area contributed by atoms with Gasteiger partial charge in [-0.3, -0.25) is 0 Å². The van der Waals surface area contributed by atoms with Crippen LogP contribution in [0.15, 0.2) is 0 Å². The molecule has 2 N–H and O–H groups in total. The molecule has 3 heterocycles. The minimum Gasteiger partial charge on any atom is -0.336 e. The zero-order valence-corrected chi connectivity index (χ0v) is 30.4. The highest BCUT2D eigenvalue weighted by molar-refractivity contribution is 6.28. The second-order valence-corrected chi connectivity index (χ2v) is 15.9. The van der Waals surface area contributed by atoms with Gasteiger partial charge in [-0.15, -0.1) is 0 Å². The van der Waals surface area contributed by atoms with Crippen LogP contribution in [0.4, 0.5) is 11.9 Å². The molecule has 2 aliphatic heterocycles. The van der Waals surface area contributed by atoms with Gasteiger partial charge in [-0.1, -0.05) is 27.7 Å². The second kappa shape index (κ2) is 14.4. The van der Waals surface area contributed by atoms with Crippen molar-refractivity contribution in [2.75, 3.05) is 62.2 Å². The van der Waals surface area contributed by atoms with E-state index in [0.717, 1.165) is 78.0 Å². The second-order valence-electron chi connectivity index (χ2n) is 15.6. The smallest absolute Gasteiger partial charge is 0.231 e. The molecule has 0 aromatic carbocycles. The summed E-state index contributed by atoms with van der Waals surface area (Å²) in [7, 11) is 0. The number of anilines is 2. The minimum absolute atomic E-state index is 0.00157. The summed E-state index contributed by atoms with van der Waals surface area (Å²) in [6.07, 6.45) is 4.04. The van der Waals surface area contributed by atoms with Crippen LogP contribution in [0.25, 0.3) is 0 Å². The monoisotopic (exact) mass is 621 g/mol. The van der Waals surface area contributed by atoms with Gasteiger partial charge in [0.1, 0.15) is 0 Å². The summed E-state index contributed by atoms with van der Waals surface area (Å²) >= 11 is 6.81. The lowest BCUT2D eigenvalue weighted by molar-refractivity contribution is 0.155. The SMILES string of the molecule is CCN(CC)CCN(c1nc(Cl)nc(N(CCN(CC)CC)C2CC(C)(C)NC(C)(C)C2)n1)C1CC(C)(C)NC(C)(C)C1. The number of piperidine rings is 2. The molecule has 3 rings (SSSR count). The number of halogens is 1. The van der Waals surface area contributed by atoms with Crippen molar-refractivity contribution in [2.24, 2.45) is 0 Å². The van der Waals surface area contributed by atoms with E-state index in [2.05, 4.69) is 113 Å². The number of nitrogens with zero attached hydrogens (tertiary/aromatic N) is 7. The summed E-state index contributed by atoms with van der Waals surface area (Å²) in [6, 6.07) is 0.572. The molecule has 0 unspecified atom stereocenters. The summed E-state index contributed by atoms with van der Waals surface area (Å²) in [5.74, 6) is 1.42. The van der Waals surface area contributed by atoms with Crippen molar-refractivity contribution in [1.29, 1.82) is 0 Å². The van der Waals surface area contributed by atoms with Gasteiger partial charge in [0.05, 0.1) is 0 Å². The van der Waals surface area contributed by atoms with E-state index in [-0.39, 0.29) is 39.5 Å². The van der Waals surface area contributed by atoms with E-state index in [0.29, 0.717) is 11.9 Å². The van der Waals surface area contributed by atoms with Crippen LogP contribution in [0.1, 0.15) is 109 Å². The first-order chi connectivity index (χ1) is 19.9. The maximum Gasteiger partial charge on any atom is 0.231 e. The van der Waals surface area contributed by atoms with Crippen molar-refractivity contribution in [3.63, 3.8) is 0 Å². The number of hydrogen-bond acceptors (Lipinski definition) is 9. The summed E-state index contributed by atoms with van der Waals surface area (Å²) in [5.41, 5.74) is 0.00628. The van der Waals surface area contributed by atoms with Crippen LogP contribution >= 0.6 is 11.6 Å². The highest BCUT2D eigenvalue weighted by atomic mass is 35.5. The number of nitrogens with one attached hydrogen (secondary N) is 2. The predicted octanol–water partition coefficient (Wildman–Crippen LogP) is 5.44. The molecule has 43 heavy (non-hydrogen) atoms. The fourth-order valence-corrected chi connectivity index (χ4v) is 8.18. The van der Waals surface area contributed by atoms with E-state index < -0.39 is 0 Å². The van der Waals surface area contributed by atoms with Crippen LogP contribution in [-0.2, 0) is 0 Å². The van der Waals surface area contributed by atoms with Gasteiger partial charge in [0.15, 0.2) is 0 Å². The largest absolute Gasteiger partial charge is 0.336 e. The van der Waals surface area contributed by atoms with Gasteiger partial charge in [-0.2, -0.15) is 15.0 Å². The minimum atomic E-state index is 0.00157.